The van der Waals surface area contributed by atoms with Crippen LogP contribution in [0.25, 0.3) is 0 Å². The SMILES string of the molecule is CC(C)CCCCCC(=O)COCC1CCCCC1. The maximum absolute atomic E-state index is 11.7. The molecule has 0 N–H and O–H groups in total. The highest BCUT2D eigenvalue weighted by molar-refractivity contribution is 5.79. The van der Waals surface area contributed by atoms with Gasteiger partial charge in [0.2, 0.25) is 0 Å². The van der Waals surface area contributed by atoms with Gasteiger partial charge in [0.1, 0.15) is 6.61 Å². The summed E-state index contributed by atoms with van der Waals surface area (Å²) in [5, 5.41) is 0. The largest absolute Gasteiger partial charge is 0.373 e. The van der Waals surface area contributed by atoms with E-state index in [0.717, 1.165) is 18.9 Å². The molecule has 0 amide bonds. The molecule has 1 rings (SSSR count). The van der Waals surface area contributed by atoms with E-state index < -0.39 is 0 Å². The summed E-state index contributed by atoms with van der Waals surface area (Å²) in [4.78, 5) is 11.7. The Morgan fingerprint density at radius 3 is 2.53 bits per heavy atom. The van der Waals surface area contributed by atoms with Crippen molar-refractivity contribution < 1.29 is 9.53 Å². The van der Waals surface area contributed by atoms with E-state index in [4.69, 9.17) is 4.74 Å². The molecule has 2 heteroatoms. The molecule has 0 atom stereocenters. The van der Waals surface area contributed by atoms with E-state index in [1.54, 1.807) is 0 Å². The van der Waals surface area contributed by atoms with Crippen LogP contribution in [0.15, 0.2) is 0 Å². The molecule has 0 bridgehead atoms. The van der Waals surface area contributed by atoms with Gasteiger partial charge in [0.05, 0.1) is 0 Å². The third-order valence-corrected chi connectivity index (χ3v) is 4.08. The van der Waals surface area contributed by atoms with E-state index in [2.05, 4.69) is 13.8 Å². The third-order valence-electron chi connectivity index (χ3n) is 4.08. The lowest BCUT2D eigenvalue weighted by molar-refractivity contribution is -0.124. The Morgan fingerprint density at radius 1 is 1.11 bits per heavy atom. The Balaban J connectivity index is 1.90. The lowest BCUT2D eigenvalue weighted by atomic mass is 9.90. The zero-order chi connectivity index (χ0) is 13.9. The minimum Gasteiger partial charge on any atom is -0.373 e. The van der Waals surface area contributed by atoms with Gasteiger partial charge in [-0.05, 0) is 31.1 Å². The van der Waals surface area contributed by atoms with Gasteiger partial charge in [-0.2, -0.15) is 0 Å². The average molecular weight is 268 g/mol. The monoisotopic (exact) mass is 268 g/mol. The fraction of sp³-hybridized carbons (Fsp3) is 0.941. The van der Waals surface area contributed by atoms with Crippen molar-refractivity contribution in [1.82, 2.24) is 0 Å². The van der Waals surface area contributed by atoms with Gasteiger partial charge in [-0.3, -0.25) is 4.79 Å². The zero-order valence-electron chi connectivity index (χ0n) is 13.0. The molecule has 0 heterocycles. The average Bonchev–Trinajstić information content (AvgIpc) is 2.39. The molecular formula is C17H32O2. The molecule has 1 fully saturated rings. The van der Waals surface area contributed by atoms with Crippen molar-refractivity contribution in [2.45, 2.75) is 78.1 Å². The molecule has 0 aromatic rings. The quantitative estimate of drug-likeness (QED) is 0.534. The van der Waals surface area contributed by atoms with Crippen molar-refractivity contribution in [1.29, 1.82) is 0 Å². The third kappa shape index (κ3) is 9.21. The van der Waals surface area contributed by atoms with Crippen LogP contribution in [0.3, 0.4) is 0 Å². The van der Waals surface area contributed by atoms with E-state index in [-0.39, 0.29) is 0 Å². The number of ketones is 1. The molecule has 0 spiro atoms. The normalized spacial score (nSPS) is 17.0. The summed E-state index contributed by atoms with van der Waals surface area (Å²) in [7, 11) is 0. The molecule has 0 aromatic carbocycles. The lowest BCUT2D eigenvalue weighted by Gasteiger charge is -2.21. The van der Waals surface area contributed by atoms with Gasteiger partial charge in [-0.25, -0.2) is 0 Å². The Hall–Kier alpha value is -0.370. The number of hydrogen-bond acceptors (Lipinski definition) is 2. The van der Waals surface area contributed by atoms with Gasteiger partial charge in [0.25, 0.3) is 0 Å². The number of carbonyl (C=O) groups is 1. The van der Waals surface area contributed by atoms with Crippen molar-refractivity contribution in [3.05, 3.63) is 0 Å². The van der Waals surface area contributed by atoms with Gasteiger partial charge in [-0.1, -0.05) is 52.4 Å². The summed E-state index contributed by atoms with van der Waals surface area (Å²) in [5.74, 6) is 1.79. The van der Waals surface area contributed by atoms with Crippen LogP contribution in [0.1, 0.15) is 78.1 Å². The van der Waals surface area contributed by atoms with Crippen LogP contribution in [0.2, 0.25) is 0 Å². The first kappa shape index (κ1) is 16.7. The Morgan fingerprint density at radius 2 is 1.84 bits per heavy atom. The molecule has 1 aliphatic rings. The molecule has 0 saturated heterocycles. The van der Waals surface area contributed by atoms with Gasteiger partial charge in [0, 0.05) is 13.0 Å². The molecular weight excluding hydrogens is 236 g/mol. The smallest absolute Gasteiger partial charge is 0.158 e. The lowest BCUT2D eigenvalue weighted by Crippen LogP contribution is -2.17. The van der Waals surface area contributed by atoms with Crippen LogP contribution in [0.4, 0.5) is 0 Å². The molecule has 19 heavy (non-hydrogen) atoms. The van der Waals surface area contributed by atoms with Crippen molar-refractivity contribution in [2.24, 2.45) is 11.8 Å². The van der Waals surface area contributed by atoms with Crippen molar-refractivity contribution >= 4 is 5.78 Å². The number of rotatable bonds is 10. The Kier molecular flexibility index (Phi) is 9.15. The van der Waals surface area contributed by atoms with Crippen LogP contribution in [-0.4, -0.2) is 19.0 Å². The van der Waals surface area contributed by atoms with Crippen molar-refractivity contribution in [2.75, 3.05) is 13.2 Å². The maximum Gasteiger partial charge on any atom is 0.158 e. The maximum atomic E-state index is 11.7. The summed E-state index contributed by atoms with van der Waals surface area (Å²) in [6, 6.07) is 0. The van der Waals surface area contributed by atoms with Gasteiger partial charge in [-0.15, -0.1) is 0 Å². The minimum atomic E-state index is 0.292. The van der Waals surface area contributed by atoms with Gasteiger partial charge >= 0.3 is 0 Å². The number of carbonyl (C=O) groups excluding carboxylic acids is 1. The second kappa shape index (κ2) is 10.4. The Bertz CT molecular complexity index is 229. The van der Waals surface area contributed by atoms with E-state index in [0.29, 0.717) is 24.7 Å². The summed E-state index contributed by atoms with van der Waals surface area (Å²) >= 11 is 0. The van der Waals surface area contributed by atoms with E-state index in [9.17, 15) is 4.79 Å². The fourth-order valence-electron chi connectivity index (χ4n) is 2.82. The highest BCUT2D eigenvalue weighted by Crippen LogP contribution is 2.23. The molecule has 2 nitrogen and oxygen atoms in total. The van der Waals surface area contributed by atoms with Crippen LogP contribution in [0.5, 0.6) is 0 Å². The first-order valence-corrected chi connectivity index (χ1v) is 8.28. The van der Waals surface area contributed by atoms with Crippen LogP contribution in [0, 0.1) is 11.8 Å². The summed E-state index contributed by atoms with van der Waals surface area (Å²) < 4.78 is 5.58. The minimum absolute atomic E-state index is 0.292. The molecule has 1 saturated carbocycles. The molecule has 1 aliphatic carbocycles. The fourth-order valence-corrected chi connectivity index (χ4v) is 2.82. The summed E-state index contributed by atoms with van der Waals surface area (Å²) in [6.07, 6.45) is 12.1. The molecule has 112 valence electrons. The number of hydrogen-bond donors (Lipinski definition) is 0. The molecule has 0 unspecified atom stereocenters. The second-order valence-electron chi connectivity index (χ2n) is 6.55. The van der Waals surface area contributed by atoms with Gasteiger partial charge < -0.3 is 4.74 Å². The zero-order valence-corrected chi connectivity index (χ0v) is 13.0. The Labute approximate surface area is 119 Å². The van der Waals surface area contributed by atoms with Crippen LogP contribution in [-0.2, 0) is 9.53 Å². The van der Waals surface area contributed by atoms with Crippen molar-refractivity contribution in [3.63, 3.8) is 0 Å². The predicted octanol–water partition coefficient (Wildman–Crippen LogP) is 4.76. The first-order valence-electron chi connectivity index (χ1n) is 8.28. The number of unbranched alkanes of at least 4 members (excludes halogenated alkanes) is 2. The topological polar surface area (TPSA) is 26.3 Å². The second-order valence-corrected chi connectivity index (χ2v) is 6.55. The summed E-state index contributed by atoms with van der Waals surface area (Å²) in [6.45, 7) is 5.66. The van der Waals surface area contributed by atoms with E-state index in [1.165, 1.54) is 51.4 Å². The highest BCUT2D eigenvalue weighted by atomic mass is 16.5. The highest BCUT2D eigenvalue weighted by Gasteiger charge is 2.13. The predicted molar refractivity (Wildman–Crippen MR) is 80.3 cm³/mol. The van der Waals surface area contributed by atoms with Gasteiger partial charge in [0.15, 0.2) is 5.78 Å². The number of ether oxygens (including phenoxy) is 1. The van der Waals surface area contributed by atoms with E-state index >= 15 is 0 Å². The van der Waals surface area contributed by atoms with Crippen LogP contribution < -0.4 is 0 Å². The standard InChI is InChI=1S/C17H32O2/c1-15(2)9-5-3-8-12-17(18)14-19-13-16-10-6-4-7-11-16/h15-16H,3-14H2,1-2H3. The van der Waals surface area contributed by atoms with Crippen molar-refractivity contribution in [3.8, 4) is 0 Å². The molecule has 0 radical (unpaired) electrons. The molecule has 0 aliphatic heterocycles. The van der Waals surface area contributed by atoms with E-state index in [1.807, 2.05) is 0 Å². The number of Topliss-reactive ketones (excluding diaryl/α,β-unsaturated/α-hetero) is 1. The van der Waals surface area contributed by atoms with Crippen LogP contribution >= 0.6 is 0 Å². The molecule has 0 aromatic heterocycles. The first-order chi connectivity index (χ1) is 9.18. The summed E-state index contributed by atoms with van der Waals surface area (Å²) in [5.41, 5.74) is 0.